The maximum absolute atomic E-state index is 11.2. The minimum atomic E-state index is -1.04. The fourth-order valence-corrected chi connectivity index (χ4v) is 1.74. The number of hydrogen-bond acceptors (Lipinski definition) is 5. The topological polar surface area (TPSA) is 102 Å². The van der Waals surface area contributed by atoms with Gasteiger partial charge in [-0.2, -0.15) is 0 Å². The number of rotatable bonds is 8. The van der Waals surface area contributed by atoms with Gasteiger partial charge in [-0.15, -0.1) is 0 Å². The van der Waals surface area contributed by atoms with Gasteiger partial charge in [0.1, 0.15) is 11.8 Å². The van der Waals surface area contributed by atoms with Crippen molar-refractivity contribution >= 4 is 5.97 Å². The molecule has 0 aliphatic carbocycles. The Morgan fingerprint density at radius 3 is 2.68 bits per heavy atom. The van der Waals surface area contributed by atoms with Gasteiger partial charge in [0.2, 0.25) is 0 Å². The molecular formula is C13H20N2O4. The molecule has 0 bridgehead atoms. The summed E-state index contributed by atoms with van der Waals surface area (Å²) in [5.41, 5.74) is 1.24. The number of nitrogens with one attached hydrogen (secondary N) is 2. The Morgan fingerprint density at radius 1 is 1.32 bits per heavy atom. The number of aromatic hydroxyl groups is 1. The first-order valence-electron chi connectivity index (χ1n) is 6.13. The first kappa shape index (κ1) is 15.4. The highest BCUT2D eigenvalue weighted by Crippen LogP contribution is 2.25. The summed E-state index contributed by atoms with van der Waals surface area (Å²) in [6, 6.07) is 3.92. The van der Waals surface area contributed by atoms with Crippen LogP contribution in [0.4, 0.5) is 0 Å². The molecule has 0 radical (unpaired) electrons. The molecule has 1 atom stereocenters. The van der Waals surface area contributed by atoms with Crippen molar-refractivity contribution < 1.29 is 20.1 Å². The summed E-state index contributed by atoms with van der Waals surface area (Å²) in [5, 5.41) is 33.3. The normalized spacial score (nSPS) is 12.3. The van der Waals surface area contributed by atoms with Gasteiger partial charge in [-0.25, -0.2) is 0 Å². The molecule has 0 saturated carbocycles. The van der Waals surface area contributed by atoms with E-state index in [0.717, 1.165) is 5.56 Å². The van der Waals surface area contributed by atoms with E-state index in [1.54, 1.807) is 12.1 Å². The largest absolute Gasteiger partial charge is 0.508 e. The first-order valence-corrected chi connectivity index (χ1v) is 6.13. The lowest BCUT2D eigenvalue weighted by molar-refractivity contribution is -0.139. The average molecular weight is 268 g/mol. The molecular weight excluding hydrogens is 248 g/mol. The number of aliphatic hydroxyl groups is 1. The molecule has 0 aromatic heterocycles. The minimum Gasteiger partial charge on any atom is -0.508 e. The molecule has 6 heteroatoms. The maximum atomic E-state index is 11.2. The number of carbonyl (C=O) groups is 1. The van der Waals surface area contributed by atoms with E-state index < -0.39 is 12.0 Å². The van der Waals surface area contributed by atoms with Gasteiger partial charge in [0, 0.05) is 25.2 Å². The van der Waals surface area contributed by atoms with Crippen molar-refractivity contribution in [3.63, 3.8) is 0 Å². The second-order valence-electron chi connectivity index (χ2n) is 4.26. The van der Waals surface area contributed by atoms with Crippen molar-refractivity contribution in [1.82, 2.24) is 10.6 Å². The number of phenolic OH excluding ortho intramolecular Hbond substituents is 1. The second-order valence-corrected chi connectivity index (χ2v) is 4.26. The van der Waals surface area contributed by atoms with Crippen LogP contribution < -0.4 is 10.6 Å². The Bertz CT molecular complexity index is 423. The van der Waals surface area contributed by atoms with Crippen molar-refractivity contribution in [2.75, 3.05) is 26.2 Å². The SMILES string of the molecule is Cc1ccc(O)c(C(NCCNCCO)C(=O)O)c1. The number of aliphatic carboxylic acids is 1. The van der Waals surface area contributed by atoms with Gasteiger partial charge >= 0.3 is 5.97 Å². The van der Waals surface area contributed by atoms with Gasteiger partial charge in [0.25, 0.3) is 0 Å². The molecule has 1 unspecified atom stereocenters. The van der Waals surface area contributed by atoms with Gasteiger partial charge in [-0.1, -0.05) is 17.7 Å². The minimum absolute atomic E-state index is 0.0335. The lowest BCUT2D eigenvalue weighted by Crippen LogP contribution is -2.35. The monoisotopic (exact) mass is 268 g/mol. The first-order chi connectivity index (χ1) is 9.06. The predicted molar refractivity (Wildman–Crippen MR) is 71.2 cm³/mol. The van der Waals surface area contributed by atoms with E-state index in [1.165, 1.54) is 6.07 Å². The number of carboxylic acid groups (broad SMARTS) is 1. The molecule has 1 aromatic rings. The Labute approximate surface area is 112 Å². The Hall–Kier alpha value is -1.63. The van der Waals surface area contributed by atoms with E-state index in [4.69, 9.17) is 5.11 Å². The fourth-order valence-electron chi connectivity index (χ4n) is 1.74. The number of aliphatic hydroxyl groups excluding tert-OH is 1. The molecule has 106 valence electrons. The third kappa shape index (κ3) is 4.86. The predicted octanol–water partition coefficient (Wildman–Crippen LogP) is -0.00218. The highest BCUT2D eigenvalue weighted by molar-refractivity contribution is 5.76. The van der Waals surface area contributed by atoms with Crippen LogP contribution in [0.15, 0.2) is 18.2 Å². The zero-order valence-corrected chi connectivity index (χ0v) is 10.9. The van der Waals surface area contributed by atoms with E-state index in [2.05, 4.69) is 10.6 Å². The maximum Gasteiger partial charge on any atom is 0.325 e. The van der Waals surface area contributed by atoms with Crippen LogP contribution in [0, 0.1) is 6.92 Å². The van der Waals surface area contributed by atoms with Crippen molar-refractivity contribution in [1.29, 1.82) is 0 Å². The van der Waals surface area contributed by atoms with Crippen LogP contribution in [0.1, 0.15) is 17.2 Å². The smallest absolute Gasteiger partial charge is 0.325 e. The summed E-state index contributed by atoms with van der Waals surface area (Å²) in [6.45, 7) is 3.31. The van der Waals surface area contributed by atoms with E-state index in [-0.39, 0.29) is 12.4 Å². The summed E-state index contributed by atoms with van der Waals surface area (Å²) in [6.07, 6.45) is 0. The molecule has 0 spiro atoms. The van der Waals surface area contributed by atoms with Crippen molar-refractivity contribution in [2.45, 2.75) is 13.0 Å². The van der Waals surface area contributed by atoms with E-state index in [0.29, 0.717) is 25.2 Å². The molecule has 0 fully saturated rings. The summed E-state index contributed by atoms with van der Waals surface area (Å²) in [4.78, 5) is 11.2. The average Bonchev–Trinajstić information content (AvgIpc) is 2.37. The molecule has 5 N–H and O–H groups in total. The summed E-state index contributed by atoms with van der Waals surface area (Å²) in [7, 11) is 0. The molecule has 19 heavy (non-hydrogen) atoms. The molecule has 1 rings (SSSR count). The fraction of sp³-hybridized carbons (Fsp3) is 0.462. The Morgan fingerprint density at radius 2 is 2.05 bits per heavy atom. The molecule has 0 saturated heterocycles. The van der Waals surface area contributed by atoms with Gasteiger partial charge in [-0.3, -0.25) is 10.1 Å². The third-order valence-electron chi connectivity index (χ3n) is 2.68. The van der Waals surface area contributed by atoms with Crippen LogP contribution in [-0.4, -0.2) is 47.5 Å². The van der Waals surface area contributed by atoms with Gasteiger partial charge in [0.15, 0.2) is 0 Å². The zero-order chi connectivity index (χ0) is 14.3. The van der Waals surface area contributed by atoms with Gasteiger partial charge < -0.3 is 20.6 Å². The van der Waals surface area contributed by atoms with Crippen molar-refractivity contribution in [3.05, 3.63) is 29.3 Å². The summed E-state index contributed by atoms with van der Waals surface area (Å²) in [5.74, 6) is -1.07. The van der Waals surface area contributed by atoms with Crippen molar-refractivity contribution in [2.24, 2.45) is 0 Å². The van der Waals surface area contributed by atoms with Gasteiger partial charge in [-0.05, 0) is 13.0 Å². The van der Waals surface area contributed by atoms with E-state index in [9.17, 15) is 15.0 Å². The van der Waals surface area contributed by atoms with Crippen LogP contribution in [0.2, 0.25) is 0 Å². The number of benzene rings is 1. The lowest BCUT2D eigenvalue weighted by Gasteiger charge is -2.16. The Kier molecular flexibility index (Phi) is 6.27. The zero-order valence-electron chi connectivity index (χ0n) is 10.9. The molecule has 0 aliphatic heterocycles. The van der Waals surface area contributed by atoms with Crippen LogP contribution in [0.25, 0.3) is 0 Å². The molecule has 1 aromatic carbocycles. The van der Waals surface area contributed by atoms with Crippen LogP contribution in [0.5, 0.6) is 5.75 Å². The number of hydrogen-bond donors (Lipinski definition) is 5. The van der Waals surface area contributed by atoms with Crippen LogP contribution in [0.3, 0.4) is 0 Å². The van der Waals surface area contributed by atoms with E-state index >= 15 is 0 Å². The van der Waals surface area contributed by atoms with Crippen molar-refractivity contribution in [3.8, 4) is 5.75 Å². The standard InChI is InChI=1S/C13H20N2O4/c1-9-2-3-11(17)10(8-9)12(13(18)19)15-5-4-14-6-7-16/h2-3,8,12,14-17H,4-7H2,1H3,(H,18,19). The van der Waals surface area contributed by atoms with Crippen LogP contribution >= 0.6 is 0 Å². The highest BCUT2D eigenvalue weighted by Gasteiger charge is 2.22. The second kappa shape index (κ2) is 7.73. The Balaban J connectivity index is 2.67. The lowest BCUT2D eigenvalue weighted by atomic mass is 10.0. The number of carboxylic acids is 1. The summed E-state index contributed by atoms with van der Waals surface area (Å²) < 4.78 is 0. The molecule has 0 heterocycles. The number of aryl methyl sites for hydroxylation is 1. The van der Waals surface area contributed by atoms with E-state index in [1.807, 2.05) is 6.92 Å². The van der Waals surface area contributed by atoms with Gasteiger partial charge in [0.05, 0.1) is 6.61 Å². The third-order valence-corrected chi connectivity index (χ3v) is 2.68. The van der Waals surface area contributed by atoms with Crippen LogP contribution in [-0.2, 0) is 4.79 Å². The highest BCUT2D eigenvalue weighted by atomic mass is 16.4. The molecule has 6 nitrogen and oxygen atoms in total. The number of phenols is 1. The molecule has 0 amide bonds. The quantitative estimate of drug-likeness (QED) is 0.425. The molecule has 0 aliphatic rings. The summed E-state index contributed by atoms with van der Waals surface area (Å²) >= 11 is 0.